The molecule has 0 radical (unpaired) electrons. The van der Waals surface area contributed by atoms with Gasteiger partial charge in [0.15, 0.2) is 10.8 Å². The smallest absolute Gasteiger partial charge is 0.409 e. The van der Waals surface area contributed by atoms with Crippen LogP contribution in [-0.2, 0) is 56.7 Å². The number of anilines is 1. The molecule has 7 aromatic rings. The summed E-state index contributed by atoms with van der Waals surface area (Å²) in [5.41, 5.74) is 4.69. The minimum atomic E-state index is -4.63. The number of benzene rings is 3. The van der Waals surface area contributed by atoms with E-state index in [-0.39, 0.29) is 73.8 Å². The fraction of sp³-hybridized carbons (Fsp3) is 0.426. The Balaban J connectivity index is 0.622. The molecule has 4 fully saturated rings. The highest BCUT2D eigenvalue weighted by atomic mass is 32.2. The molecule has 2 unspecified atom stereocenters. The van der Waals surface area contributed by atoms with Crippen molar-refractivity contribution in [1.82, 2.24) is 45.2 Å². The van der Waals surface area contributed by atoms with Gasteiger partial charge in [0.2, 0.25) is 11.8 Å². The first-order chi connectivity index (χ1) is 45.3. The summed E-state index contributed by atoms with van der Waals surface area (Å²) >= 11 is 1.38. The third-order valence-electron chi connectivity index (χ3n) is 18.1. The van der Waals surface area contributed by atoms with E-state index < -0.39 is 63.2 Å². The normalized spacial score (nSPS) is 20.7. The van der Waals surface area contributed by atoms with Crippen LogP contribution in [0.5, 0.6) is 5.75 Å². The van der Waals surface area contributed by atoms with Crippen molar-refractivity contribution >= 4 is 89.3 Å². The highest BCUT2D eigenvalue weighted by Gasteiger charge is 2.66. The Hall–Kier alpha value is -9.02. The number of hydrogen-bond donors (Lipinski definition) is 5. The number of thiazole rings is 1. The summed E-state index contributed by atoms with van der Waals surface area (Å²) in [7, 11) is -2.95. The summed E-state index contributed by atoms with van der Waals surface area (Å²) in [6.45, 7) is 8.48. The van der Waals surface area contributed by atoms with E-state index in [2.05, 4.69) is 39.8 Å². The van der Waals surface area contributed by atoms with Crippen LogP contribution in [0.25, 0.3) is 43.5 Å². The van der Waals surface area contributed by atoms with E-state index in [0.29, 0.717) is 88.7 Å². The zero-order valence-corrected chi connectivity index (χ0v) is 54.9. The summed E-state index contributed by atoms with van der Waals surface area (Å²) in [6.07, 6.45) is 12.2. The Kier molecular flexibility index (Phi) is 20.0. The minimum Gasteiger partial charge on any atom is -0.491 e. The Morgan fingerprint density at radius 2 is 1.56 bits per heavy atom. The average Bonchev–Trinajstić information content (AvgIpc) is 0.862. The number of fused-ring (bicyclic) bond motifs is 2. The number of imide groups is 1. The monoisotopic (exact) mass is 1340 g/mol. The van der Waals surface area contributed by atoms with Gasteiger partial charge in [0.1, 0.15) is 30.8 Å². The van der Waals surface area contributed by atoms with Crippen molar-refractivity contribution in [1.29, 1.82) is 0 Å². The van der Waals surface area contributed by atoms with Gasteiger partial charge in [-0.25, -0.2) is 19.6 Å². The molecule has 1 aliphatic heterocycles. The second kappa shape index (κ2) is 28.1. The van der Waals surface area contributed by atoms with Crippen molar-refractivity contribution in [2.24, 2.45) is 16.2 Å². The van der Waals surface area contributed by atoms with Crippen LogP contribution in [-0.4, -0.2) is 165 Å². The number of aromatic carboxylic acids is 1. The largest absolute Gasteiger partial charge is 0.491 e. The fourth-order valence-electron chi connectivity index (χ4n) is 15.1. The van der Waals surface area contributed by atoms with Gasteiger partial charge < -0.3 is 39.6 Å². The van der Waals surface area contributed by atoms with E-state index in [1.54, 1.807) is 74.0 Å². The molecule has 5 aliphatic rings. The topological polar surface area (TPSA) is 330 Å². The van der Waals surface area contributed by atoms with E-state index in [0.717, 1.165) is 64.9 Å². The maximum atomic E-state index is 13.7. The molecule has 12 rings (SSSR count). The zero-order valence-electron chi connectivity index (χ0n) is 53.3. The summed E-state index contributed by atoms with van der Waals surface area (Å²) in [5.74, 6) is -4.27. The molecule has 27 heteroatoms. The number of nitrogens with one attached hydrogen (secondary N) is 3. The van der Waals surface area contributed by atoms with Crippen LogP contribution >= 0.6 is 11.3 Å². The molecule has 4 aromatic heterocycles. The van der Waals surface area contributed by atoms with Crippen LogP contribution in [0.1, 0.15) is 110 Å². The van der Waals surface area contributed by atoms with Gasteiger partial charge in [-0.3, -0.25) is 48.4 Å². The van der Waals surface area contributed by atoms with Crippen molar-refractivity contribution in [2.45, 2.75) is 110 Å². The first-order valence-electron chi connectivity index (χ1n) is 31.6. The van der Waals surface area contributed by atoms with Gasteiger partial charge in [-0.15, -0.1) is 0 Å². The van der Waals surface area contributed by atoms with E-state index in [4.69, 9.17) is 29.0 Å². The number of likely N-dealkylation sites (N-methyl/N-ethyl adjacent to an activating group) is 1. The predicted molar refractivity (Wildman–Crippen MR) is 352 cm³/mol. The zero-order chi connectivity index (χ0) is 67.3. The van der Waals surface area contributed by atoms with Gasteiger partial charge in [0.05, 0.1) is 53.0 Å². The quantitative estimate of drug-likeness (QED) is 0.0159. The third kappa shape index (κ3) is 16.2. The lowest BCUT2D eigenvalue weighted by Crippen LogP contribution is -2.64. The number of amides is 6. The second-order valence-corrected chi connectivity index (χ2v) is 28.7. The van der Waals surface area contributed by atoms with Gasteiger partial charge in [-0.1, -0.05) is 61.9 Å². The van der Waals surface area contributed by atoms with Crippen LogP contribution < -0.4 is 20.7 Å². The number of para-hydroxylation sites is 1. The molecular weight excluding hydrogens is 1260 g/mol. The number of carboxylic acid groups (broad SMARTS) is 1. The highest BCUT2D eigenvalue weighted by Crippen LogP contribution is 2.72. The molecule has 5 N–H and O–H groups in total. The Labute approximate surface area is 552 Å². The molecule has 4 aliphatic carbocycles. The predicted octanol–water partition coefficient (Wildman–Crippen LogP) is 8.80. The second-order valence-electron chi connectivity index (χ2n) is 26.2. The standard InChI is InChI=1S/C68H76N10O15S2/c1-43-50(47-20-21-51(73-59(47)62(84)85)45-31-49-48(11-10-13-52(49)70-32-45)60(82)75-63-74-53-12-7-8-14-55(53)94-63)33-71-78(43)42-67-37-65(2)36-66(3,38-67)40-68(39-65,41-67)93-28-26-76(4)64(86)92-34-44-16-18-46(19-17-44)91-30-29-90-27-24-69-61(83)54(35-95(87,88)89)72-56(79)15-6-5-9-25-77-57(80)22-23-58(77)81/h7-8,10-14,16-23,31-33,54H,5-6,9,15,24-30,34-42H2,1-4H3,(H,69,83)(H,72,79)(H,84,85)(H,74,75,82)(H,87,88,89)/t54-,65?,66?,67?,68?/m0/s1. The molecule has 4 saturated carbocycles. The number of hydrogen-bond acceptors (Lipinski definition) is 18. The van der Waals surface area contributed by atoms with Crippen molar-refractivity contribution in [2.75, 3.05) is 64.2 Å². The summed E-state index contributed by atoms with van der Waals surface area (Å²) in [4.78, 5) is 105. The molecule has 500 valence electrons. The first kappa shape index (κ1) is 67.4. The lowest BCUT2D eigenvalue weighted by molar-refractivity contribution is -0.248. The number of rotatable bonds is 30. The van der Waals surface area contributed by atoms with Crippen molar-refractivity contribution in [3.05, 3.63) is 132 Å². The van der Waals surface area contributed by atoms with Gasteiger partial charge in [0.25, 0.3) is 27.8 Å². The first-order valence-corrected chi connectivity index (χ1v) is 34.0. The fourth-order valence-corrected chi connectivity index (χ4v) is 16.6. The molecule has 25 nitrogen and oxygen atoms in total. The number of nitrogens with zero attached hydrogens (tertiary/aromatic N) is 7. The van der Waals surface area contributed by atoms with Crippen LogP contribution in [0.4, 0.5) is 9.93 Å². The van der Waals surface area contributed by atoms with Crippen LogP contribution in [0.3, 0.4) is 0 Å². The lowest BCUT2D eigenvalue weighted by atomic mass is 9.39. The minimum absolute atomic E-state index is 0.0164. The number of pyridine rings is 2. The van der Waals surface area contributed by atoms with Crippen molar-refractivity contribution < 1.29 is 70.6 Å². The molecule has 3 aromatic carbocycles. The van der Waals surface area contributed by atoms with Gasteiger partial charge in [0, 0.05) is 91.3 Å². The number of carboxylic acids is 1. The number of unbranched alkanes of at least 4 members (excludes halogenated alkanes) is 2. The molecule has 4 bridgehead atoms. The summed E-state index contributed by atoms with van der Waals surface area (Å²) in [5, 5.41) is 24.4. The van der Waals surface area contributed by atoms with Crippen molar-refractivity contribution in [3.8, 4) is 28.1 Å². The Bertz CT molecular complexity index is 4180. The molecular formula is C68H76N10O15S2. The number of carbonyl (C=O) groups is 7. The third-order valence-corrected chi connectivity index (χ3v) is 19.8. The number of ether oxygens (including phenoxy) is 4. The summed E-state index contributed by atoms with van der Waals surface area (Å²) in [6, 6.07) is 23.8. The molecule has 0 spiro atoms. The molecule has 5 heterocycles. The van der Waals surface area contributed by atoms with E-state index >= 15 is 0 Å². The van der Waals surface area contributed by atoms with Crippen LogP contribution in [0.15, 0.2) is 109 Å². The number of carbonyl (C=O) groups excluding carboxylic acids is 6. The van der Waals surface area contributed by atoms with E-state index in [9.17, 15) is 51.6 Å². The summed E-state index contributed by atoms with van der Waals surface area (Å²) < 4.78 is 59.6. The Morgan fingerprint density at radius 1 is 0.811 bits per heavy atom. The molecule has 0 saturated heterocycles. The van der Waals surface area contributed by atoms with Gasteiger partial charge in [-0.05, 0) is 135 Å². The average molecular weight is 1340 g/mol. The number of aromatic nitrogens is 5. The molecule has 3 atom stereocenters. The van der Waals surface area contributed by atoms with Crippen LogP contribution in [0, 0.1) is 23.2 Å². The van der Waals surface area contributed by atoms with Gasteiger partial charge in [-0.2, -0.15) is 13.5 Å². The molecule has 95 heavy (non-hydrogen) atoms. The maximum Gasteiger partial charge on any atom is 0.409 e. The van der Waals surface area contributed by atoms with Crippen LogP contribution in [0.2, 0.25) is 0 Å². The van der Waals surface area contributed by atoms with Gasteiger partial charge >= 0.3 is 12.1 Å². The van der Waals surface area contributed by atoms with E-state index in [1.165, 1.54) is 28.4 Å². The molecule has 6 amide bonds. The lowest BCUT2D eigenvalue weighted by Gasteiger charge is -2.69. The highest BCUT2D eigenvalue weighted by molar-refractivity contribution is 7.85. The van der Waals surface area contributed by atoms with Crippen molar-refractivity contribution in [3.63, 3.8) is 0 Å². The van der Waals surface area contributed by atoms with E-state index in [1.807, 2.05) is 41.9 Å². The SMILES string of the molecule is Cc1c(-c2ccc(-c3cnc4cccc(C(=O)Nc5nc6ccccc6s5)c4c3)nc2C(=O)O)cnn1CC12CC3(C)CC(C)(C1)CC(OCCN(C)C(=O)OCc1ccc(OCCOCCNC(=O)[C@H](CS(=O)(=O)O)NC(=O)CCCCCN4C(=O)C=CC4=O)cc1)(C3)C2. The Morgan fingerprint density at radius 3 is 2.29 bits per heavy atom. The maximum absolute atomic E-state index is 13.7.